The lowest BCUT2D eigenvalue weighted by molar-refractivity contribution is 0.0561. The number of benzene rings is 1. The van der Waals surface area contributed by atoms with Crippen molar-refractivity contribution < 1.29 is 22.6 Å². The van der Waals surface area contributed by atoms with Gasteiger partial charge in [-0.25, -0.2) is 8.42 Å². The predicted molar refractivity (Wildman–Crippen MR) is 85.4 cm³/mol. The average molecular weight is 341 g/mol. The van der Waals surface area contributed by atoms with Gasteiger partial charge in [0.25, 0.3) is 0 Å². The van der Waals surface area contributed by atoms with Crippen LogP contribution >= 0.6 is 0 Å². The fourth-order valence-corrected chi connectivity index (χ4v) is 4.36. The molecule has 1 unspecified atom stereocenters. The molecule has 128 valence electrons. The second kappa shape index (κ2) is 6.67. The van der Waals surface area contributed by atoms with Crippen LogP contribution in [0.5, 0.6) is 11.5 Å². The molecule has 2 fully saturated rings. The van der Waals surface area contributed by atoms with Crippen LogP contribution < -0.4 is 9.47 Å². The van der Waals surface area contributed by atoms with E-state index < -0.39 is 10.0 Å². The molecule has 1 aliphatic carbocycles. The maximum absolute atomic E-state index is 12.9. The van der Waals surface area contributed by atoms with Crippen molar-refractivity contribution >= 4 is 10.0 Å². The standard InChI is InChI=1S/C16H23NO5S/c1-20-13-5-6-16(15(9-13)21-2)23(18,19)17-8-7-14(10-17)22-11-12-3-4-12/h5-6,9,12,14H,3-4,7-8,10-11H2,1-2H3. The first-order valence-electron chi connectivity index (χ1n) is 7.88. The normalized spacial score (nSPS) is 22.3. The number of hydrogen-bond acceptors (Lipinski definition) is 5. The van der Waals surface area contributed by atoms with Gasteiger partial charge >= 0.3 is 0 Å². The highest BCUT2D eigenvalue weighted by Crippen LogP contribution is 2.33. The lowest BCUT2D eigenvalue weighted by Gasteiger charge is -2.19. The summed E-state index contributed by atoms with van der Waals surface area (Å²) in [5.74, 6) is 1.54. The van der Waals surface area contributed by atoms with Gasteiger partial charge in [-0.1, -0.05) is 0 Å². The van der Waals surface area contributed by atoms with Crippen molar-refractivity contribution in [3.05, 3.63) is 18.2 Å². The van der Waals surface area contributed by atoms with Crippen molar-refractivity contribution in [2.45, 2.75) is 30.3 Å². The third-order valence-corrected chi connectivity index (χ3v) is 6.27. The quantitative estimate of drug-likeness (QED) is 0.758. The van der Waals surface area contributed by atoms with Gasteiger partial charge < -0.3 is 14.2 Å². The van der Waals surface area contributed by atoms with Gasteiger partial charge in [0.2, 0.25) is 10.0 Å². The Morgan fingerprint density at radius 3 is 2.61 bits per heavy atom. The van der Waals surface area contributed by atoms with E-state index in [2.05, 4.69) is 0 Å². The third kappa shape index (κ3) is 3.62. The molecule has 0 N–H and O–H groups in total. The van der Waals surface area contributed by atoms with E-state index in [0.29, 0.717) is 30.5 Å². The van der Waals surface area contributed by atoms with Gasteiger partial charge in [0.1, 0.15) is 16.4 Å². The predicted octanol–water partition coefficient (Wildman–Crippen LogP) is 1.89. The fraction of sp³-hybridized carbons (Fsp3) is 0.625. The lowest BCUT2D eigenvalue weighted by Crippen LogP contribution is -2.30. The van der Waals surface area contributed by atoms with Crippen LogP contribution in [0.4, 0.5) is 0 Å². The summed E-state index contributed by atoms with van der Waals surface area (Å²) in [5.41, 5.74) is 0. The number of methoxy groups -OCH3 is 2. The first-order valence-corrected chi connectivity index (χ1v) is 9.32. The Hall–Kier alpha value is -1.31. The third-order valence-electron chi connectivity index (χ3n) is 4.36. The molecule has 23 heavy (non-hydrogen) atoms. The minimum absolute atomic E-state index is 0.00498. The van der Waals surface area contributed by atoms with E-state index in [1.807, 2.05) is 0 Å². The molecule has 3 rings (SSSR count). The van der Waals surface area contributed by atoms with Crippen molar-refractivity contribution in [2.75, 3.05) is 33.9 Å². The Kier molecular flexibility index (Phi) is 4.79. The highest BCUT2D eigenvalue weighted by Gasteiger charge is 2.35. The van der Waals surface area contributed by atoms with Gasteiger partial charge in [-0.05, 0) is 37.3 Å². The molecule has 1 saturated carbocycles. The highest BCUT2D eigenvalue weighted by molar-refractivity contribution is 7.89. The average Bonchev–Trinajstić information content (AvgIpc) is 3.27. The molecular formula is C16H23NO5S. The van der Waals surface area contributed by atoms with Crippen LogP contribution in [0, 0.1) is 5.92 Å². The molecule has 1 aliphatic heterocycles. The second-order valence-electron chi connectivity index (χ2n) is 6.07. The van der Waals surface area contributed by atoms with E-state index in [0.717, 1.165) is 13.0 Å². The summed E-state index contributed by atoms with van der Waals surface area (Å²) < 4.78 is 43.4. The van der Waals surface area contributed by atoms with Crippen LogP contribution in [0.1, 0.15) is 19.3 Å². The minimum Gasteiger partial charge on any atom is -0.497 e. The molecule has 0 aromatic heterocycles. The molecular weight excluding hydrogens is 318 g/mol. The van der Waals surface area contributed by atoms with Gasteiger partial charge in [-0.2, -0.15) is 4.31 Å². The molecule has 1 saturated heterocycles. The Balaban J connectivity index is 1.73. The molecule has 0 spiro atoms. The number of rotatable bonds is 7. The van der Waals surface area contributed by atoms with Crippen molar-refractivity contribution in [1.82, 2.24) is 4.31 Å². The summed E-state index contributed by atoms with van der Waals surface area (Å²) in [5, 5.41) is 0. The number of ether oxygens (including phenoxy) is 3. The maximum Gasteiger partial charge on any atom is 0.246 e. The summed E-state index contributed by atoms with van der Waals surface area (Å²) in [6, 6.07) is 4.75. The molecule has 0 radical (unpaired) electrons. The van der Waals surface area contributed by atoms with E-state index in [1.54, 1.807) is 12.1 Å². The zero-order chi connectivity index (χ0) is 16.4. The molecule has 7 heteroatoms. The first-order chi connectivity index (χ1) is 11.0. The second-order valence-corrected chi connectivity index (χ2v) is 7.97. The Morgan fingerprint density at radius 1 is 1.17 bits per heavy atom. The summed E-state index contributed by atoms with van der Waals surface area (Å²) in [6.07, 6.45) is 3.20. The number of nitrogens with zero attached hydrogens (tertiary/aromatic N) is 1. The summed E-state index contributed by atoms with van der Waals surface area (Å²) >= 11 is 0. The molecule has 1 atom stereocenters. The Bertz CT molecular complexity index is 656. The zero-order valence-electron chi connectivity index (χ0n) is 13.5. The van der Waals surface area contributed by atoms with E-state index in [9.17, 15) is 8.42 Å². The first kappa shape index (κ1) is 16.5. The molecule has 1 aromatic rings. The zero-order valence-corrected chi connectivity index (χ0v) is 14.3. The van der Waals surface area contributed by atoms with Crippen LogP contribution in [-0.2, 0) is 14.8 Å². The smallest absolute Gasteiger partial charge is 0.246 e. The van der Waals surface area contributed by atoms with Gasteiger partial charge in [-0.15, -0.1) is 0 Å². The lowest BCUT2D eigenvalue weighted by atomic mass is 10.3. The number of hydrogen-bond donors (Lipinski definition) is 0. The summed E-state index contributed by atoms with van der Waals surface area (Å²) in [4.78, 5) is 0.170. The van der Waals surface area contributed by atoms with Crippen LogP contribution in [-0.4, -0.2) is 52.7 Å². The van der Waals surface area contributed by atoms with Crippen molar-refractivity contribution in [1.29, 1.82) is 0 Å². The number of sulfonamides is 1. The maximum atomic E-state index is 12.9. The van der Waals surface area contributed by atoms with Crippen molar-refractivity contribution in [3.8, 4) is 11.5 Å². The van der Waals surface area contributed by atoms with Crippen LogP contribution in [0.15, 0.2) is 23.1 Å². The summed E-state index contributed by atoms with van der Waals surface area (Å²) in [6.45, 7) is 1.64. The Morgan fingerprint density at radius 2 is 1.96 bits per heavy atom. The molecule has 2 aliphatic rings. The van der Waals surface area contributed by atoms with Gasteiger partial charge in [-0.3, -0.25) is 0 Å². The van der Waals surface area contributed by atoms with E-state index in [-0.39, 0.29) is 11.0 Å². The van der Waals surface area contributed by atoms with E-state index in [4.69, 9.17) is 14.2 Å². The van der Waals surface area contributed by atoms with Crippen LogP contribution in [0.2, 0.25) is 0 Å². The fourth-order valence-electron chi connectivity index (χ4n) is 2.74. The topological polar surface area (TPSA) is 65.1 Å². The van der Waals surface area contributed by atoms with E-state index >= 15 is 0 Å². The minimum atomic E-state index is -3.59. The van der Waals surface area contributed by atoms with Crippen molar-refractivity contribution in [3.63, 3.8) is 0 Å². The van der Waals surface area contributed by atoms with Gasteiger partial charge in [0.05, 0.1) is 20.3 Å². The highest BCUT2D eigenvalue weighted by atomic mass is 32.2. The monoisotopic (exact) mass is 341 g/mol. The van der Waals surface area contributed by atoms with Crippen molar-refractivity contribution in [2.24, 2.45) is 5.92 Å². The molecule has 6 nitrogen and oxygen atoms in total. The van der Waals surface area contributed by atoms with Crippen LogP contribution in [0.3, 0.4) is 0 Å². The largest absolute Gasteiger partial charge is 0.497 e. The molecule has 1 aromatic carbocycles. The van der Waals surface area contributed by atoms with E-state index in [1.165, 1.54) is 37.4 Å². The molecule has 1 heterocycles. The Labute approximate surface area is 137 Å². The summed E-state index contributed by atoms with van der Waals surface area (Å²) in [7, 11) is -0.599. The van der Waals surface area contributed by atoms with Gasteiger partial charge in [0.15, 0.2) is 0 Å². The SMILES string of the molecule is COc1ccc(S(=O)(=O)N2CCC(OCC3CC3)C2)c(OC)c1. The molecule has 0 bridgehead atoms. The van der Waals surface area contributed by atoms with Crippen LogP contribution in [0.25, 0.3) is 0 Å². The molecule has 0 amide bonds. The van der Waals surface area contributed by atoms with Gasteiger partial charge in [0, 0.05) is 25.8 Å².